The summed E-state index contributed by atoms with van der Waals surface area (Å²) in [6.45, 7) is 0.883. The number of guanidine groups is 1. The van der Waals surface area contributed by atoms with Crippen LogP contribution >= 0.6 is 11.6 Å². The predicted octanol–water partition coefficient (Wildman–Crippen LogP) is 2.90. The summed E-state index contributed by atoms with van der Waals surface area (Å²) in [5.41, 5.74) is 7.89. The molecular formula is C18H20ClN3O3. The third-order valence-corrected chi connectivity index (χ3v) is 4.30. The maximum absolute atomic E-state index is 6.26. The van der Waals surface area contributed by atoms with Crippen LogP contribution in [0.3, 0.4) is 0 Å². The van der Waals surface area contributed by atoms with E-state index in [1.54, 1.807) is 14.2 Å². The second-order valence-corrected chi connectivity index (χ2v) is 5.96. The Balaban J connectivity index is 1.68. The lowest BCUT2D eigenvalue weighted by atomic mass is 10.1. The zero-order chi connectivity index (χ0) is 17.8. The van der Waals surface area contributed by atoms with Gasteiger partial charge in [-0.05, 0) is 29.8 Å². The van der Waals surface area contributed by atoms with E-state index in [-0.39, 0.29) is 6.04 Å². The molecule has 1 atom stereocenters. The van der Waals surface area contributed by atoms with E-state index in [2.05, 4.69) is 10.3 Å². The molecule has 0 amide bonds. The first-order chi connectivity index (χ1) is 12.1. The van der Waals surface area contributed by atoms with Crippen LogP contribution in [0, 0.1) is 0 Å². The zero-order valence-corrected chi connectivity index (χ0v) is 14.8. The van der Waals surface area contributed by atoms with Crippen molar-refractivity contribution in [1.82, 2.24) is 5.32 Å². The van der Waals surface area contributed by atoms with Gasteiger partial charge in [0.15, 0.2) is 17.5 Å². The fraction of sp³-hybridized carbons (Fsp3) is 0.278. The van der Waals surface area contributed by atoms with E-state index in [4.69, 9.17) is 31.5 Å². The first kappa shape index (κ1) is 17.2. The lowest BCUT2D eigenvalue weighted by Gasteiger charge is -2.13. The minimum Gasteiger partial charge on any atom is -0.493 e. The molecule has 1 aliphatic heterocycles. The molecular weight excluding hydrogens is 342 g/mol. The summed E-state index contributed by atoms with van der Waals surface area (Å²) < 4.78 is 16.1. The molecule has 0 fully saturated rings. The van der Waals surface area contributed by atoms with Crippen LogP contribution in [0.15, 0.2) is 41.4 Å². The van der Waals surface area contributed by atoms with E-state index in [0.717, 1.165) is 16.9 Å². The zero-order valence-electron chi connectivity index (χ0n) is 14.1. The Morgan fingerprint density at radius 1 is 1.28 bits per heavy atom. The molecule has 7 heteroatoms. The van der Waals surface area contributed by atoms with Crippen molar-refractivity contribution >= 4 is 17.6 Å². The van der Waals surface area contributed by atoms with Crippen molar-refractivity contribution in [3.8, 4) is 17.2 Å². The van der Waals surface area contributed by atoms with E-state index >= 15 is 0 Å². The van der Waals surface area contributed by atoms with Crippen LogP contribution in [-0.2, 0) is 6.54 Å². The minimum absolute atomic E-state index is 0.113. The van der Waals surface area contributed by atoms with Crippen LogP contribution in [0.2, 0.25) is 5.02 Å². The van der Waals surface area contributed by atoms with E-state index in [9.17, 15) is 0 Å². The van der Waals surface area contributed by atoms with Gasteiger partial charge >= 0.3 is 0 Å². The average molecular weight is 362 g/mol. The van der Waals surface area contributed by atoms with Gasteiger partial charge < -0.3 is 25.3 Å². The number of nitrogens with zero attached hydrogens (tertiary/aromatic N) is 1. The molecule has 2 aromatic carbocycles. The Labute approximate surface area is 151 Å². The van der Waals surface area contributed by atoms with Crippen LogP contribution in [0.4, 0.5) is 0 Å². The molecule has 1 heterocycles. The topological polar surface area (TPSA) is 78.1 Å². The maximum atomic E-state index is 6.26. The van der Waals surface area contributed by atoms with Gasteiger partial charge in [-0.2, -0.15) is 0 Å². The Bertz CT molecular complexity index is 795. The van der Waals surface area contributed by atoms with Gasteiger partial charge in [-0.3, -0.25) is 0 Å². The molecule has 1 aliphatic rings. The summed E-state index contributed by atoms with van der Waals surface area (Å²) in [7, 11) is 3.20. The lowest BCUT2D eigenvalue weighted by Crippen LogP contribution is -2.35. The highest BCUT2D eigenvalue weighted by molar-refractivity contribution is 6.31. The first-order valence-electron chi connectivity index (χ1n) is 7.81. The molecule has 0 saturated heterocycles. The van der Waals surface area contributed by atoms with Crippen molar-refractivity contribution in [2.24, 2.45) is 10.7 Å². The number of methoxy groups -OCH3 is 2. The van der Waals surface area contributed by atoms with Gasteiger partial charge in [-0.1, -0.05) is 23.7 Å². The molecule has 132 valence electrons. The quantitative estimate of drug-likeness (QED) is 0.632. The van der Waals surface area contributed by atoms with Gasteiger partial charge in [0.05, 0.1) is 26.8 Å². The van der Waals surface area contributed by atoms with Crippen molar-refractivity contribution < 1.29 is 14.2 Å². The van der Waals surface area contributed by atoms with Gasteiger partial charge in [0, 0.05) is 10.6 Å². The molecule has 25 heavy (non-hydrogen) atoms. The number of nitrogens with two attached hydrogens (primary N) is 1. The molecule has 0 aromatic heterocycles. The monoisotopic (exact) mass is 361 g/mol. The molecule has 0 radical (unpaired) electrons. The van der Waals surface area contributed by atoms with Crippen LogP contribution in [0.5, 0.6) is 17.2 Å². The average Bonchev–Trinajstić information content (AvgIpc) is 3.03. The highest BCUT2D eigenvalue weighted by Gasteiger charge is 2.26. The van der Waals surface area contributed by atoms with Gasteiger partial charge in [0.1, 0.15) is 12.4 Å². The number of fused-ring (bicyclic) bond motifs is 1. The maximum Gasteiger partial charge on any atom is 0.189 e. The summed E-state index contributed by atoms with van der Waals surface area (Å²) in [6, 6.07) is 11.1. The Morgan fingerprint density at radius 3 is 2.84 bits per heavy atom. The molecule has 2 aromatic rings. The molecule has 0 saturated carbocycles. The standard InChI is InChI=1S/C18H20ClN3O3/c1-23-14-7-6-11(8-16(14)24-2)9-21-18(20)22-13-10-25-15-5-3-4-12(19)17(13)15/h3-8,13H,9-10H2,1-2H3,(H3,20,21,22). The highest BCUT2D eigenvalue weighted by atomic mass is 35.5. The number of ether oxygens (including phenoxy) is 3. The summed E-state index contributed by atoms with van der Waals surface area (Å²) in [5.74, 6) is 2.44. The first-order valence-corrected chi connectivity index (χ1v) is 8.18. The molecule has 3 rings (SSSR count). The Hall–Kier alpha value is -2.60. The number of aliphatic imine (C=N–C) groups is 1. The van der Waals surface area contributed by atoms with Crippen molar-refractivity contribution in [1.29, 1.82) is 0 Å². The summed E-state index contributed by atoms with van der Waals surface area (Å²) in [5, 5.41) is 3.81. The number of halogens is 1. The van der Waals surface area contributed by atoms with Crippen molar-refractivity contribution in [2.45, 2.75) is 12.6 Å². The highest BCUT2D eigenvalue weighted by Crippen LogP contribution is 2.37. The fourth-order valence-electron chi connectivity index (χ4n) is 2.73. The van der Waals surface area contributed by atoms with Crippen molar-refractivity contribution in [2.75, 3.05) is 20.8 Å². The smallest absolute Gasteiger partial charge is 0.189 e. The number of nitrogens with one attached hydrogen (secondary N) is 1. The van der Waals surface area contributed by atoms with E-state index in [1.807, 2.05) is 36.4 Å². The fourth-order valence-corrected chi connectivity index (χ4v) is 3.03. The number of hydrogen-bond acceptors (Lipinski definition) is 4. The van der Waals surface area contributed by atoms with E-state index in [0.29, 0.717) is 35.6 Å². The second kappa shape index (κ2) is 7.53. The van der Waals surface area contributed by atoms with Crippen LogP contribution in [-0.4, -0.2) is 26.8 Å². The third-order valence-electron chi connectivity index (χ3n) is 3.97. The third kappa shape index (κ3) is 3.74. The summed E-state index contributed by atoms with van der Waals surface area (Å²) >= 11 is 6.26. The van der Waals surface area contributed by atoms with Crippen LogP contribution < -0.4 is 25.3 Å². The van der Waals surface area contributed by atoms with Gasteiger partial charge in [0.2, 0.25) is 0 Å². The Morgan fingerprint density at radius 2 is 2.08 bits per heavy atom. The SMILES string of the molecule is COc1ccc(CN=C(N)NC2COc3cccc(Cl)c32)cc1OC. The molecule has 0 bridgehead atoms. The lowest BCUT2D eigenvalue weighted by molar-refractivity contribution is 0.324. The predicted molar refractivity (Wildman–Crippen MR) is 97.7 cm³/mol. The molecule has 1 unspecified atom stereocenters. The van der Waals surface area contributed by atoms with Gasteiger partial charge in [0.25, 0.3) is 0 Å². The molecule has 0 aliphatic carbocycles. The molecule has 3 N–H and O–H groups in total. The Kier molecular flexibility index (Phi) is 5.19. The summed E-state index contributed by atoms with van der Waals surface area (Å²) in [4.78, 5) is 4.38. The van der Waals surface area contributed by atoms with E-state index < -0.39 is 0 Å². The van der Waals surface area contributed by atoms with Gasteiger partial charge in [-0.25, -0.2) is 4.99 Å². The second-order valence-electron chi connectivity index (χ2n) is 5.55. The molecule has 0 spiro atoms. The normalized spacial score (nSPS) is 16.1. The summed E-state index contributed by atoms with van der Waals surface area (Å²) in [6.07, 6.45) is 0. The van der Waals surface area contributed by atoms with Crippen LogP contribution in [0.1, 0.15) is 17.2 Å². The number of rotatable bonds is 5. The van der Waals surface area contributed by atoms with Crippen molar-refractivity contribution in [3.05, 3.63) is 52.5 Å². The van der Waals surface area contributed by atoms with Crippen molar-refractivity contribution in [3.63, 3.8) is 0 Å². The van der Waals surface area contributed by atoms with Gasteiger partial charge in [-0.15, -0.1) is 0 Å². The number of hydrogen-bond donors (Lipinski definition) is 2. The van der Waals surface area contributed by atoms with Crippen LogP contribution in [0.25, 0.3) is 0 Å². The van der Waals surface area contributed by atoms with E-state index in [1.165, 1.54) is 0 Å². The minimum atomic E-state index is -0.113. The number of benzene rings is 2. The molecule has 6 nitrogen and oxygen atoms in total. The largest absolute Gasteiger partial charge is 0.493 e.